The Kier molecular flexibility index (Phi) is 4.82. The molecule has 1 atom stereocenters. The molecule has 0 radical (unpaired) electrons. The molecule has 3 rings (SSSR count). The van der Waals surface area contributed by atoms with Crippen molar-refractivity contribution in [1.82, 2.24) is 4.90 Å². The molecule has 2 aromatic carbocycles. The largest absolute Gasteiger partial charge is 0.497 e. The van der Waals surface area contributed by atoms with Crippen LogP contribution < -0.4 is 10.1 Å². The number of anilines is 1. The van der Waals surface area contributed by atoms with Crippen LogP contribution in [0, 0.1) is 0 Å². The number of ether oxygens (including phenoxy) is 1. The first-order valence-corrected chi connectivity index (χ1v) is 8.65. The number of likely N-dealkylation sites (N-methyl/N-ethyl adjacent to an activating group) is 1. The first-order valence-electron chi connectivity index (χ1n) is 8.65. The van der Waals surface area contributed by atoms with Gasteiger partial charge in [0.25, 0.3) is 0 Å². The second kappa shape index (κ2) is 6.89. The highest BCUT2D eigenvalue weighted by atomic mass is 16.5. The molecule has 1 heterocycles. The Labute approximate surface area is 149 Å². The number of fused-ring (bicyclic) bond motifs is 1. The van der Waals surface area contributed by atoms with Gasteiger partial charge in [-0.25, -0.2) is 0 Å². The van der Waals surface area contributed by atoms with Crippen molar-refractivity contribution in [3.8, 4) is 5.75 Å². The van der Waals surface area contributed by atoms with E-state index < -0.39 is 0 Å². The van der Waals surface area contributed by atoms with Crippen molar-refractivity contribution in [2.75, 3.05) is 19.5 Å². The summed E-state index contributed by atoms with van der Waals surface area (Å²) < 4.78 is 5.15. The summed E-state index contributed by atoms with van der Waals surface area (Å²) in [5.74, 6) is 0.801. The Hall–Kier alpha value is -2.33. The van der Waals surface area contributed by atoms with Crippen molar-refractivity contribution in [1.29, 1.82) is 0 Å². The summed E-state index contributed by atoms with van der Waals surface area (Å²) in [5.41, 5.74) is 3.42. The average molecular weight is 338 g/mol. The van der Waals surface area contributed by atoms with Crippen LogP contribution in [0.25, 0.3) is 0 Å². The van der Waals surface area contributed by atoms with Gasteiger partial charge < -0.3 is 10.1 Å². The van der Waals surface area contributed by atoms with E-state index in [0.29, 0.717) is 6.42 Å². The molecule has 0 fully saturated rings. The van der Waals surface area contributed by atoms with Crippen LogP contribution in [-0.4, -0.2) is 30.5 Å². The van der Waals surface area contributed by atoms with Crippen LogP contribution in [0.4, 0.5) is 5.69 Å². The number of rotatable bonds is 4. The predicted molar refractivity (Wildman–Crippen MR) is 101 cm³/mol. The van der Waals surface area contributed by atoms with Crippen LogP contribution in [-0.2, 0) is 11.2 Å². The third kappa shape index (κ3) is 3.69. The number of hydrogen-bond acceptors (Lipinski definition) is 3. The smallest absolute Gasteiger partial charge is 0.226 e. The molecular weight excluding hydrogens is 312 g/mol. The molecule has 25 heavy (non-hydrogen) atoms. The first kappa shape index (κ1) is 17.5. The molecule has 4 heteroatoms. The molecule has 0 saturated heterocycles. The van der Waals surface area contributed by atoms with Crippen molar-refractivity contribution in [3.63, 3.8) is 0 Å². The van der Waals surface area contributed by atoms with Crippen LogP contribution in [0.3, 0.4) is 0 Å². The maximum absolute atomic E-state index is 12.6. The number of nitrogens with zero attached hydrogens (tertiary/aromatic N) is 1. The Morgan fingerprint density at radius 1 is 1.20 bits per heavy atom. The van der Waals surface area contributed by atoms with Gasteiger partial charge in [0.1, 0.15) is 5.75 Å². The summed E-state index contributed by atoms with van der Waals surface area (Å²) in [6, 6.07) is 16.0. The quantitative estimate of drug-likeness (QED) is 0.915. The van der Waals surface area contributed by atoms with Gasteiger partial charge in [-0.15, -0.1) is 0 Å². The Morgan fingerprint density at radius 2 is 1.88 bits per heavy atom. The molecule has 4 nitrogen and oxygen atoms in total. The number of carbonyl (C=O) groups excluding carboxylic acids is 1. The lowest BCUT2D eigenvalue weighted by Gasteiger charge is -2.46. The maximum atomic E-state index is 12.6. The molecule has 0 spiro atoms. The first-order chi connectivity index (χ1) is 11.9. The van der Waals surface area contributed by atoms with Gasteiger partial charge in [0.2, 0.25) is 5.91 Å². The van der Waals surface area contributed by atoms with Crippen molar-refractivity contribution < 1.29 is 9.53 Å². The lowest BCUT2D eigenvalue weighted by molar-refractivity contribution is -0.118. The van der Waals surface area contributed by atoms with Gasteiger partial charge in [-0.2, -0.15) is 0 Å². The monoisotopic (exact) mass is 338 g/mol. The molecule has 1 aliphatic heterocycles. The van der Waals surface area contributed by atoms with E-state index in [1.165, 1.54) is 11.1 Å². The van der Waals surface area contributed by atoms with Gasteiger partial charge in [-0.1, -0.05) is 24.3 Å². The molecular formula is C21H26N2O2. The number of nitrogens with one attached hydrogen (secondary N) is 1. The van der Waals surface area contributed by atoms with E-state index in [4.69, 9.17) is 4.74 Å². The second-order valence-electron chi connectivity index (χ2n) is 7.30. The Morgan fingerprint density at radius 3 is 2.56 bits per heavy atom. The number of methoxy groups -OCH3 is 1. The third-order valence-corrected chi connectivity index (χ3v) is 5.21. The number of benzene rings is 2. The van der Waals surface area contributed by atoms with Crippen LogP contribution in [0.15, 0.2) is 48.5 Å². The normalized spacial score (nSPS) is 19.1. The standard InChI is InChI=1S/C21H26N2O2/c1-21(2)14-15-7-5-6-8-18(15)19(23(21)3)13-20(24)22-16-9-11-17(25-4)12-10-16/h5-12,19H,13-14H2,1-4H3,(H,22,24). The minimum atomic E-state index is 0.0227. The zero-order valence-corrected chi connectivity index (χ0v) is 15.4. The third-order valence-electron chi connectivity index (χ3n) is 5.21. The van der Waals surface area contributed by atoms with E-state index in [-0.39, 0.29) is 17.5 Å². The van der Waals surface area contributed by atoms with Crippen LogP contribution in [0.2, 0.25) is 0 Å². The van der Waals surface area contributed by atoms with Crippen LogP contribution in [0.5, 0.6) is 5.75 Å². The highest BCUT2D eigenvalue weighted by Crippen LogP contribution is 2.39. The molecule has 1 unspecified atom stereocenters. The molecule has 1 aliphatic rings. The van der Waals surface area contributed by atoms with Crippen LogP contribution in [0.1, 0.15) is 37.4 Å². The van der Waals surface area contributed by atoms with Crippen molar-refractivity contribution in [2.45, 2.75) is 38.3 Å². The molecule has 1 N–H and O–H groups in total. The lowest BCUT2D eigenvalue weighted by atomic mass is 9.81. The maximum Gasteiger partial charge on any atom is 0.226 e. The summed E-state index contributed by atoms with van der Waals surface area (Å²) in [4.78, 5) is 15.0. The van der Waals surface area contributed by atoms with Crippen molar-refractivity contribution in [2.24, 2.45) is 0 Å². The van der Waals surface area contributed by atoms with Gasteiger partial charge >= 0.3 is 0 Å². The number of hydrogen-bond donors (Lipinski definition) is 1. The van der Waals surface area contributed by atoms with E-state index in [2.05, 4.69) is 55.4 Å². The fraction of sp³-hybridized carbons (Fsp3) is 0.381. The van der Waals surface area contributed by atoms with Crippen LogP contribution >= 0.6 is 0 Å². The molecule has 1 amide bonds. The second-order valence-corrected chi connectivity index (χ2v) is 7.30. The Bertz CT molecular complexity index is 753. The fourth-order valence-corrected chi connectivity index (χ4v) is 3.55. The van der Waals surface area contributed by atoms with Gasteiger partial charge in [0.15, 0.2) is 0 Å². The lowest BCUT2D eigenvalue weighted by Crippen LogP contribution is -2.49. The summed E-state index contributed by atoms with van der Waals surface area (Å²) in [5, 5.41) is 3.00. The summed E-state index contributed by atoms with van der Waals surface area (Å²) in [6.07, 6.45) is 1.43. The summed E-state index contributed by atoms with van der Waals surface area (Å²) in [7, 11) is 3.74. The van der Waals surface area contributed by atoms with Crippen molar-refractivity contribution >= 4 is 11.6 Å². The van der Waals surface area contributed by atoms with Crippen molar-refractivity contribution in [3.05, 3.63) is 59.7 Å². The molecule has 2 aromatic rings. The highest BCUT2D eigenvalue weighted by Gasteiger charge is 2.37. The highest BCUT2D eigenvalue weighted by molar-refractivity contribution is 5.91. The predicted octanol–water partition coefficient (Wildman–Crippen LogP) is 4.03. The van der Waals surface area contributed by atoms with Gasteiger partial charge in [0.05, 0.1) is 7.11 Å². The van der Waals surface area contributed by atoms with Gasteiger partial charge in [0, 0.05) is 23.7 Å². The molecule has 0 aromatic heterocycles. The fourth-order valence-electron chi connectivity index (χ4n) is 3.55. The molecule has 0 bridgehead atoms. The average Bonchev–Trinajstić information content (AvgIpc) is 2.59. The minimum Gasteiger partial charge on any atom is -0.497 e. The SMILES string of the molecule is COc1ccc(NC(=O)CC2c3ccccc3CC(C)(C)N2C)cc1. The molecule has 132 valence electrons. The molecule has 0 saturated carbocycles. The topological polar surface area (TPSA) is 41.6 Å². The minimum absolute atomic E-state index is 0.0227. The molecule has 0 aliphatic carbocycles. The van der Waals surface area contributed by atoms with E-state index in [0.717, 1.165) is 17.9 Å². The van der Waals surface area contributed by atoms with E-state index in [9.17, 15) is 4.79 Å². The van der Waals surface area contributed by atoms with Gasteiger partial charge in [-0.05, 0) is 62.7 Å². The zero-order chi connectivity index (χ0) is 18.0. The number of carbonyl (C=O) groups is 1. The van der Waals surface area contributed by atoms with Gasteiger partial charge in [-0.3, -0.25) is 9.69 Å². The Balaban J connectivity index is 1.77. The zero-order valence-electron chi connectivity index (χ0n) is 15.4. The van der Waals surface area contributed by atoms with E-state index >= 15 is 0 Å². The number of amides is 1. The van der Waals surface area contributed by atoms with E-state index in [1.807, 2.05) is 24.3 Å². The van der Waals surface area contributed by atoms with E-state index in [1.54, 1.807) is 7.11 Å². The summed E-state index contributed by atoms with van der Waals surface area (Å²) in [6.45, 7) is 4.47. The summed E-state index contributed by atoms with van der Waals surface area (Å²) >= 11 is 0.